The zero-order valence-corrected chi connectivity index (χ0v) is 15.9. The van der Waals surface area contributed by atoms with Gasteiger partial charge in [-0.3, -0.25) is 9.78 Å². The van der Waals surface area contributed by atoms with E-state index in [1.807, 2.05) is 36.4 Å². The standard InChI is InChI=1S/C22H18N2O3S/c25-21-14-26-18(12-24(21)17-6-7-20-16(11-17)8-10-28-20)13-27-19-5-1-3-15-4-2-9-23-22(15)19/h1-11,18H,12-14H2. The molecule has 2 aromatic carbocycles. The maximum atomic E-state index is 12.4. The molecule has 140 valence electrons. The van der Waals surface area contributed by atoms with Crippen LogP contribution in [0.15, 0.2) is 66.2 Å². The number of fused-ring (bicyclic) bond motifs is 2. The van der Waals surface area contributed by atoms with E-state index in [1.54, 1.807) is 22.4 Å². The molecule has 6 heteroatoms. The third kappa shape index (κ3) is 3.21. The van der Waals surface area contributed by atoms with Gasteiger partial charge in [0.15, 0.2) is 0 Å². The normalized spacial score (nSPS) is 17.4. The van der Waals surface area contributed by atoms with Crippen LogP contribution in [0.5, 0.6) is 5.75 Å². The summed E-state index contributed by atoms with van der Waals surface area (Å²) in [4.78, 5) is 18.6. The van der Waals surface area contributed by atoms with E-state index in [0.717, 1.165) is 27.7 Å². The van der Waals surface area contributed by atoms with Gasteiger partial charge >= 0.3 is 0 Å². The van der Waals surface area contributed by atoms with Crippen molar-refractivity contribution < 1.29 is 14.3 Å². The molecule has 1 atom stereocenters. The number of carbonyl (C=O) groups excluding carboxylic acids is 1. The van der Waals surface area contributed by atoms with Gasteiger partial charge in [0, 0.05) is 22.0 Å². The van der Waals surface area contributed by atoms with E-state index in [1.165, 1.54) is 4.70 Å². The van der Waals surface area contributed by atoms with E-state index in [2.05, 4.69) is 28.6 Å². The minimum atomic E-state index is -0.199. The number of benzene rings is 2. The second-order valence-electron chi connectivity index (χ2n) is 6.72. The summed E-state index contributed by atoms with van der Waals surface area (Å²) < 4.78 is 12.9. The minimum absolute atomic E-state index is 0.0299. The molecule has 1 unspecified atom stereocenters. The Hall–Kier alpha value is -2.96. The van der Waals surface area contributed by atoms with Crippen molar-refractivity contribution in [3.8, 4) is 5.75 Å². The Bertz CT molecular complexity index is 1150. The van der Waals surface area contributed by atoms with Gasteiger partial charge in [0.1, 0.15) is 30.6 Å². The van der Waals surface area contributed by atoms with E-state index in [-0.39, 0.29) is 18.6 Å². The van der Waals surface area contributed by atoms with Crippen molar-refractivity contribution in [2.75, 3.05) is 24.7 Å². The summed E-state index contributed by atoms with van der Waals surface area (Å²) in [7, 11) is 0. The van der Waals surface area contributed by atoms with Crippen LogP contribution in [0, 0.1) is 0 Å². The van der Waals surface area contributed by atoms with Crippen LogP contribution in [0.4, 0.5) is 5.69 Å². The number of morpholine rings is 1. The third-order valence-corrected chi connectivity index (χ3v) is 5.80. The molecule has 0 bridgehead atoms. The number of anilines is 1. The first-order chi connectivity index (χ1) is 13.8. The summed E-state index contributed by atoms with van der Waals surface area (Å²) in [6, 6.07) is 18.0. The lowest BCUT2D eigenvalue weighted by Gasteiger charge is -2.32. The molecule has 0 aliphatic carbocycles. The predicted octanol–water partition coefficient (Wildman–Crippen LogP) is 4.26. The number of hydrogen-bond acceptors (Lipinski definition) is 5. The van der Waals surface area contributed by atoms with Crippen molar-refractivity contribution in [3.63, 3.8) is 0 Å². The maximum absolute atomic E-state index is 12.4. The number of pyridine rings is 1. The number of thiophene rings is 1. The summed E-state index contributed by atoms with van der Waals surface area (Å²) in [6.45, 7) is 0.885. The highest BCUT2D eigenvalue weighted by molar-refractivity contribution is 7.17. The smallest absolute Gasteiger partial charge is 0.253 e. The number of nitrogens with zero attached hydrogens (tertiary/aromatic N) is 2. The molecule has 1 fully saturated rings. The Balaban J connectivity index is 1.33. The SMILES string of the molecule is O=C1COC(COc2cccc3cccnc23)CN1c1ccc2sccc2c1. The molecule has 2 aromatic heterocycles. The van der Waals surface area contributed by atoms with Gasteiger partial charge in [-0.05, 0) is 47.2 Å². The number of carbonyl (C=O) groups is 1. The fourth-order valence-electron chi connectivity index (χ4n) is 3.47. The molecule has 0 saturated carbocycles. The number of para-hydroxylation sites is 1. The molecule has 1 aliphatic rings. The van der Waals surface area contributed by atoms with Gasteiger partial charge in [-0.15, -0.1) is 11.3 Å². The summed E-state index contributed by atoms with van der Waals surface area (Å²) in [5.74, 6) is 0.697. The monoisotopic (exact) mass is 390 g/mol. The fraction of sp³-hybridized carbons (Fsp3) is 0.182. The Kier molecular flexibility index (Phi) is 4.43. The quantitative estimate of drug-likeness (QED) is 0.522. The zero-order chi connectivity index (χ0) is 18.9. The minimum Gasteiger partial charge on any atom is -0.489 e. The molecule has 3 heterocycles. The Morgan fingerprint density at radius 2 is 2.07 bits per heavy atom. The Morgan fingerprint density at radius 1 is 1.14 bits per heavy atom. The van der Waals surface area contributed by atoms with E-state index in [0.29, 0.717) is 13.2 Å². The van der Waals surface area contributed by atoms with Crippen molar-refractivity contribution in [3.05, 3.63) is 66.2 Å². The fourth-order valence-corrected chi connectivity index (χ4v) is 4.24. The van der Waals surface area contributed by atoms with Crippen LogP contribution in [0.2, 0.25) is 0 Å². The average molecular weight is 390 g/mol. The number of rotatable bonds is 4. The predicted molar refractivity (Wildman–Crippen MR) is 111 cm³/mol. The molecular weight excluding hydrogens is 372 g/mol. The first kappa shape index (κ1) is 17.2. The van der Waals surface area contributed by atoms with Crippen LogP contribution in [0.3, 0.4) is 0 Å². The van der Waals surface area contributed by atoms with Crippen molar-refractivity contribution in [1.29, 1.82) is 0 Å². The molecule has 4 aromatic rings. The van der Waals surface area contributed by atoms with Gasteiger partial charge in [-0.25, -0.2) is 0 Å². The number of amides is 1. The van der Waals surface area contributed by atoms with Crippen LogP contribution in [0.25, 0.3) is 21.0 Å². The summed E-state index contributed by atoms with van der Waals surface area (Å²) in [5, 5.41) is 4.24. The van der Waals surface area contributed by atoms with E-state index >= 15 is 0 Å². The van der Waals surface area contributed by atoms with Gasteiger partial charge in [0.05, 0.1) is 6.54 Å². The second kappa shape index (κ2) is 7.22. The molecule has 1 amide bonds. The number of ether oxygens (including phenoxy) is 2. The van der Waals surface area contributed by atoms with Crippen molar-refractivity contribution in [1.82, 2.24) is 4.98 Å². The van der Waals surface area contributed by atoms with Crippen molar-refractivity contribution in [2.24, 2.45) is 0 Å². The zero-order valence-electron chi connectivity index (χ0n) is 15.1. The second-order valence-corrected chi connectivity index (χ2v) is 7.67. The summed E-state index contributed by atoms with van der Waals surface area (Å²) in [6.07, 6.45) is 1.56. The van der Waals surface area contributed by atoms with Gasteiger partial charge < -0.3 is 14.4 Å². The van der Waals surface area contributed by atoms with Crippen LogP contribution in [-0.4, -0.2) is 36.8 Å². The summed E-state index contributed by atoms with van der Waals surface area (Å²) >= 11 is 1.70. The topological polar surface area (TPSA) is 51.7 Å². The molecule has 5 nitrogen and oxygen atoms in total. The lowest BCUT2D eigenvalue weighted by atomic mass is 10.2. The maximum Gasteiger partial charge on any atom is 0.253 e. The number of hydrogen-bond donors (Lipinski definition) is 0. The highest BCUT2D eigenvalue weighted by Gasteiger charge is 2.28. The molecule has 5 rings (SSSR count). The molecular formula is C22H18N2O3S. The number of aromatic nitrogens is 1. The third-order valence-electron chi connectivity index (χ3n) is 4.90. The molecule has 0 radical (unpaired) electrons. The van der Waals surface area contributed by atoms with E-state index < -0.39 is 0 Å². The molecule has 1 aliphatic heterocycles. The Morgan fingerprint density at radius 3 is 3.04 bits per heavy atom. The van der Waals surface area contributed by atoms with Crippen LogP contribution in [0.1, 0.15) is 0 Å². The van der Waals surface area contributed by atoms with Crippen molar-refractivity contribution >= 4 is 43.9 Å². The van der Waals surface area contributed by atoms with Crippen LogP contribution < -0.4 is 9.64 Å². The molecule has 0 N–H and O–H groups in total. The lowest BCUT2D eigenvalue weighted by Crippen LogP contribution is -2.48. The molecule has 0 spiro atoms. The summed E-state index contributed by atoms with van der Waals surface area (Å²) in [5.41, 5.74) is 1.73. The van der Waals surface area contributed by atoms with Gasteiger partial charge in [-0.1, -0.05) is 18.2 Å². The average Bonchev–Trinajstić information content (AvgIpc) is 3.21. The molecule has 1 saturated heterocycles. The first-order valence-electron chi connectivity index (χ1n) is 9.14. The first-order valence-corrected chi connectivity index (χ1v) is 10.0. The highest BCUT2D eigenvalue weighted by atomic mass is 32.1. The van der Waals surface area contributed by atoms with Gasteiger partial charge in [0.25, 0.3) is 5.91 Å². The van der Waals surface area contributed by atoms with Crippen molar-refractivity contribution in [2.45, 2.75) is 6.10 Å². The van der Waals surface area contributed by atoms with Gasteiger partial charge in [0.2, 0.25) is 0 Å². The molecule has 28 heavy (non-hydrogen) atoms. The van der Waals surface area contributed by atoms with Crippen LogP contribution in [-0.2, 0) is 9.53 Å². The Labute approximate surface area is 166 Å². The largest absolute Gasteiger partial charge is 0.489 e. The van der Waals surface area contributed by atoms with Gasteiger partial charge in [-0.2, -0.15) is 0 Å². The van der Waals surface area contributed by atoms with E-state index in [9.17, 15) is 4.79 Å². The van der Waals surface area contributed by atoms with Crippen LogP contribution >= 0.6 is 11.3 Å². The lowest BCUT2D eigenvalue weighted by molar-refractivity contribution is -0.130. The highest BCUT2D eigenvalue weighted by Crippen LogP contribution is 2.28. The van der Waals surface area contributed by atoms with E-state index in [4.69, 9.17) is 9.47 Å².